The molecule has 1 aliphatic rings. The predicted octanol–water partition coefficient (Wildman–Crippen LogP) is 1.96. The molecule has 1 rings (SSSR count). The van der Waals surface area contributed by atoms with Crippen LogP contribution in [0.3, 0.4) is 0 Å². The van der Waals surface area contributed by atoms with Gasteiger partial charge in [0.05, 0.1) is 0 Å². The fourth-order valence-corrected chi connectivity index (χ4v) is 1.16. The summed E-state index contributed by atoms with van der Waals surface area (Å²) in [6.45, 7) is -0.850. The second-order valence-electron chi connectivity index (χ2n) is 3.51. The molecule has 0 aromatic carbocycles. The van der Waals surface area contributed by atoms with Gasteiger partial charge in [0.25, 0.3) is 0 Å². The second-order valence-corrected chi connectivity index (χ2v) is 3.51. The molecule has 1 atom stereocenters. The van der Waals surface area contributed by atoms with Crippen LogP contribution in [-0.4, -0.2) is 18.4 Å². The summed E-state index contributed by atoms with van der Waals surface area (Å²) in [6.07, 6.45) is 2.75. The highest BCUT2D eigenvalue weighted by atomic mass is 19.2. The molecule has 0 aromatic heterocycles. The van der Waals surface area contributed by atoms with E-state index in [0.717, 1.165) is 25.7 Å². The van der Waals surface area contributed by atoms with Gasteiger partial charge in [-0.1, -0.05) is 0 Å². The van der Waals surface area contributed by atoms with E-state index in [2.05, 4.69) is 0 Å². The minimum Gasteiger partial charge on any atom is -0.325 e. The van der Waals surface area contributed by atoms with Crippen molar-refractivity contribution in [3.8, 4) is 0 Å². The van der Waals surface area contributed by atoms with E-state index in [1.807, 2.05) is 0 Å². The molecule has 2 N–H and O–H groups in total. The first-order chi connectivity index (χ1) is 5.16. The molecule has 0 amide bonds. The Morgan fingerprint density at radius 2 is 2.09 bits per heavy atom. The number of nitrogens with two attached hydrogens (primary N) is 1. The van der Waals surface area contributed by atoms with Crippen LogP contribution in [0.5, 0.6) is 0 Å². The molecule has 0 aromatic rings. The second kappa shape index (κ2) is 3.48. The quantitative estimate of drug-likeness (QED) is 0.658. The van der Waals surface area contributed by atoms with Gasteiger partial charge in [-0.15, -0.1) is 0 Å². The van der Waals surface area contributed by atoms with Gasteiger partial charge < -0.3 is 5.73 Å². The molecule has 0 bridgehead atoms. The lowest BCUT2D eigenvalue weighted by Crippen LogP contribution is -2.21. The minimum absolute atomic E-state index is 0.00394. The van der Waals surface area contributed by atoms with Gasteiger partial charge >= 0.3 is 0 Å². The maximum Gasteiger partial charge on any atom is 0.128 e. The molecule has 0 radical (unpaired) electrons. The molecule has 1 nitrogen and oxygen atoms in total. The largest absolute Gasteiger partial charge is 0.325 e. The van der Waals surface area contributed by atoms with Crippen LogP contribution >= 0.6 is 0 Å². The zero-order chi connectivity index (χ0) is 8.32. The van der Waals surface area contributed by atoms with E-state index >= 15 is 0 Å². The topological polar surface area (TPSA) is 26.0 Å². The molecular formula is C8H15F2N. The van der Waals surface area contributed by atoms with E-state index in [1.54, 1.807) is 0 Å². The molecule has 11 heavy (non-hydrogen) atoms. The zero-order valence-corrected chi connectivity index (χ0v) is 6.65. The van der Waals surface area contributed by atoms with Gasteiger partial charge in [-0.2, -0.15) is 0 Å². The molecule has 1 fully saturated rings. The third kappa shape index (κ3) is 3.14. The summed E-state index contributed by atoms with van der Waals surface area (Å²) in [5.41, 5.74) is 5.75. The average Bonchev–Trinajstić information content (AvgIpc) is 2.68. The summed E-state index contributed by atoms with van der Waals surface area (Å²) in [5, 5.41) is 0. The number of halogens is 2. The maximum atomic E-state index is 12.3. The van der Waals surface area contributed by atoms with E-state index in [-0.39, 0.29) is 5.54 Å². The molecular weight excluding hydrogens is 148 g/mol. The molecule has 0 spiro atoms. The van der Waals surface area contributed by atoms with Gasteiger partial charge in [0.15, 0.2) is 0 Å². The van der Waals surface area contributed by atoms with Gasteiger partial charge in [-0.05, 0) is 32.1 Å². The van der Waals surface area contributed by atoms with Crippen molar-refractivity contribution >= 4 is 0 Å². The van der Waals surface area contributed by atoms with Crippen LogP contribution in [-0.2, 0) is 0 Å². The zero-order valence-electron chi connectivity index (χ0n) is 6.65. The van der Waals surface area contributed by atoms with Crippen LogP contribution in [0.2, 0.25) is 0 Å². The highest BCUT2D eigenvalue weighted by Gasteiger charge is 2.37. The van der Waals surface area contributed by atoms with Crippen molar-refractivity contribution in [3.63, 3.8) is 0 Å². The van der Waals surface area contributed by atoms with Gasteiger partial charge in [0.2, 0.25) is 0 Å². The van der Waals surface area contributed by atoms with Crippen LogP contribution in [0.1, 0.15) is 32.1 Å². The van der Waals surface area contributed by atoms with Crippen molar-refractivity contribution in [1.29, 1.82) is 0 Å². The van der Waals surface area contributed by atoms with Crippen molar-refractivity contribution in [2.24, 2.45) is 5.73 Å². The SMILES string of the molecule is NC1(CCCC(F)CF)CC1. The molecule has 1 aliphatic carbocycles. The number of hydrogen-bond acceptors (Lipinski definition) is 1. The monoisotopic (exact) mass is 163 g/mol. The molecule has 0 saturated heterocycles. The van der Waals surface area contributed by atoms with Crippen molar-refractivity contribution in [1.82, 2.24) is 0 Å². The Morgan fingerprint density at radius 1 is 1.45 bits per heavy atom. The molecule has 0 heterocycles. The highest BCUT2D eigenvalue weighted by molar-refractivity contribution is 4.98. The molecule has 3 heteroatoms. The van der Waals surface area contributed by atoms with Crippen molar-refractivity contribution in [3.05, 3.63) is 0 Å². The van der Waals surface area contributed by atoms with Crippen LogP contribution in [0, 0.1) is 0 Å². The number of rotatable bonds is 5. The molecule has 1 unspecified atom stereocenters. The summed E-state index contributed by atoms with van der Waals surface area (Å²) < 4.78 is 23.9. The summed E-state index contributed by atoms with van der Waals surface area (Å²) in [4.78, 5) is 0. The summed E-state index contributed by atoms with van der Waals surface area (Å²) in [6, 6.07) is 0. The molecule has 1 saturated carbocycles. The van der Waals surface area contributed by atoms with E-state index in [4.69, 9.17) is 5.73 Å². The fourth-order valence-electron chi connectivity index (χ4n) is 1.16. The van der Waals surface area contributed by atoms with Gasteiger partial charge in [-0.25, -0.2) is 8.78 Å². The average molecular weight is 163 g/mol. The first-order valence-corrected chi connectivity index (χ1v) is 4.15. The first-order valence-electron chi connectivity index (χ1n) is 4.15. The standard InChI is InChI=1S/C8H15F2N/c9-6-7(10)2-1-3-8(11)4-5-8/h7H,1-6,11H2. The smallest absolute Gasteiger partial charge is 0.128 e. The van der Waals surface area contributed by atoms with Gasteiger partial charge in [-0.3, -0.25) is 0 Å². The van der Waals surface area contributed by atoms with E-state index in [0.29, 0.717) is 6.42 Å². The van der Waals surface area contributed by atoms with Crippen LogP contribution in [0.15, 0.2) is 0 Å². The van der Waals surface area contributed by atoms with Crippen LogP contribution in [0.25, 0.3) is 0 Å². The van der Waals surface area contributed by atoms with Crippen molar-refractivity contribution in [2.75, 3.05) is 6.67 Å². The minimum atomic E-state index is -1.27. The lowest BCUT2D eigenvalue weighted by atomic mass is 10.1. The Morgan fingerprint density at radius 3 is 2.55 bits per heavy atom. The lowest BCUT2D eigenvalue weighted by Gasteiger charge is -2.08. The Hall–Kier alpha value is -0.180. The summed E-state index contributed by atoms with van der Waals surface area (Å²) >= 11 is 0. The van der Waals surface area contributed by atoms with E-state index < -0.39 is 12.8 Å². The van der Waals surface area contributed by atoms with E-state index in [1.165, 1.54) is 0 Å². The Bertz CT molecular complexity index is 123. The Labute approximate surface area is 66.0 Å². The Balaban J connectivity index is 1.95. The lowest BCUT2D eigenvalue weighted by molar-refractivity contribution is 0.240. The van der Waals surface area contributed by atoms with Gasteiger partial charge in [0, 0.05) is 5.54 Å². The molecule has 66 valence electrons. The van der Waals surface area contributed by atoms with Crippen LogP contribution in [0.4, 0.5) is 8.78 Å². The number of alkyl halides is 2. The summed E-state index contributed by atoms with van der Waals surface area (Å²) in [5.74, 6) is 0. The first kappa shape index (κ1) is 8.91. The Kier molecular flexibility index (Phi) is 2.82. The third-order valence-corrected chi connectivity index (χ3v) is 2.25. The fraction of sp³-hybridized carbons (Fsp3) is 1.00. The van der Waals surface area contributed by atoms with Crippen molar-refractivity contribution < 1.29 is 8.78 Å². The van der Waals surface area contributed by atoms with Gasteiger partial charge in [0.1, 0.15) is 12.8 Å². The van der Waals surface area contributed by atoms with E-state index in [9.17, 15) is 8.78 Å². The third-order valence-electron chi connectivity index (χ3n) is 2.25. The molecule has 0 aliphatic heterocycles. The normalized spacial score (nSPS) is 23.2. The predicted molar refractivity (Wildman–Crippen MR) is 40.9 cm³/mol. The summed E-state index contributed by atoms with van der Waals surface area (Å²) in [7, 11) is 0. The van der Waals surface area contributed by atoms with Crippen LogP contribution < -0.4 is 5.73 Å². The van der Waals surface area contributed by atoms with Crippen molar-refractivity contribution in [2.45, 2.75) is 43.8 Å². The maximum absolute atomic E-state index is 12.3. The number of hydrogen-bond donors (Lipinski definition) is 1. The highest BCUT2D eigenvalue weighted by Crippen LogP contribution is 2.37.